The van der Waals surface area contributed by atoms with E-state index < -0.39 is 18.9 Å². The molecule has 1 unspecified atom stereocenters. The Hall–Kier alpha value is -2.45. The molecule has 2 aromatic heterocycles. The van der Waals surface area contributed by atoms with E-state index >= 15 is 0 Å². The summed E-state index contributed by atoms with van der Waals surface area (Å²) < 4.78 is 1.13. The zero-order valence-electron chi connectivity index (χ0n) is 19.3. The Kier molecular flexibility index (Phi) is 7.39. The second kappa shape index (κ2) is 10.7. The van der Waals surface area contributed by atoms with Gasteiger partial charge in [-0.2, -0.15) is 0 Å². The molecule has 0 spiro atoms. The number of rotatable bonds is 5. The molecule has 5 rings (SSSR count). The monoisotopic (exact) mass is 572 g/mol. The minimum absolute atomic E-state index is 0.0833. The number of benzene rings is 1. The molecular formula is C30H24Cl2N2Zr. The van der Waals surface area contributed by atoms with Gasteiger partial charge in [-0.15, -0.1) is 0 Å². The van der Waals surface area contributed by atoms with Crippen molar-refractivity contribution >= 4 is 25.8 Å². The van der Waals surface area contributed by atoms with Crippen LogP contribution in [0.3, 0.4) is 0 Å². The summed E-state index contributed by atoms with van der Waals surface area (Å²) in [5, 5.41) is 0. The van der Waals surface area contributed by atoms with Crippen molar-refractivity contribution in [2.45, 2.75) is 6.92 Å². The van der Waals surface area contributed by atoms with E-state index in [4.69, 9.17) is 27.0 Å². The van der Waals surface area contributed by atoms with Crippen molar-refractivity contribution < 1.29 is 18.9 Å². The molecule has 172 valence electrons. The van der Waals surface area contributed by atoms with E-state index in [-0.39, 0.29) is 11.3 Å². The van der Waals surface area contributed by atoms with Crippen molar-refractivity contribution in [2.24, 2.45) is 11.3 Å². The Morgan fingerprint density at radius 1 is 0.800 bits per heavy atom. The summed E-state index contributed by atoms with van der Waals surface area (Å²) in [7, 11) is 13.8. The number of halogens is 2. The first-order valence-corrected chi connectivity index (χ1v) is 19.1. The van der Waals surface area contributed by atoms with Gasteiger partial charge in [0.2, 0.25) is 0 Å². The van der Waals surface area contributed by atoms with Gasteiger partial charge in [0.05, 0.1) is 0 Å². The van der Waals surface area contributed by atoms with Gasteiger partial charge in [0.25, 0.3) is 0 Å². The van der Waals surface area contributed by atoms with Gasteiger partial charge in [0.15, 0.2) is 0 Å². The summed E-state index contributed by atoms with van der Waals surface area (Å²) in [6.45, 7) is 2.24. The van der Waals surface area contributed by atoms with Crippen LogP contribution < -0.4 is 0 Å². The summed E-state index contributed by atoms with van der Waals surface area (Å²) in [6.07, 6.45) is 19.0. The molecule has 0 saturated carbocycles. The topological polar surface area (TPSA) is 25.8 Å². The van der Waals surface area contributed by atoms with Gasteiger partial charge in [-0.05, 0) is 0 Å². The molecular weight excluding hydrogens is 550 g/mol. The number of allylic oxidation sites excluding steroid dienone is 9. The molecule has 2 nitrogen and oxygen atoms in total. The predicted molar refractivity (Wildman–Crippen MR) is 144 cm³/mol. The average molecular weight is 575 g/mol. The number of aromatic nitrogens is 2. The number of nitrogens with zero attached hydrogens (tertiary/aromatic N) is 2. The first-order valence-electron chi connectivity index (χ1n) is 11.5. The van der Waals surface area contributed by atoms with Gasteiger partial charge in [-0.25, -0.2) is 0 Å². The SMILES string of the molecule is CC1(C2=CC=CC([C](c3ccccc3)=[Zr]([Cl])[Cl])C2=C(c2ccccn2)c2ccccn2)C=CC=C1. The van der Waals surface area contributed by atoms with Crippen LogP contribution in [-0.2, 0) is 18.9 Å². The van der Waals surface area contributed by atoms with Crippen LogP contribution in [-0.4, -0.2) is 13.2 Å². The van der Waals surface area contributed by atoms with Crippen molar-refractivity contribution in [3.05, 3.63) is 150 Å². The Morgan fingerprint density at radius 3 is 1.94 bits per heavy atom. The van der Waals surface area contributed by atoms with Gasteiger partial charge in [-0.3, -0.25) is 0 Å². The first-order chi connectivity index (χ1) is 17.1. The van der Waals surface area contributed by atoms with Crippen LogP contribution in [0.2, 0.25) is 0 Å². The van der Waals surface area contributed by atoms with E-state index in [1.54, 1.807) is 0 Å². The molecule has 0 saturated heterocycles. The second-order valence-corrected chi connectivity index (χ2v) is 16.9. The molecule has 0 amide bonds. The third-order valence-corrected chi connectivity index (χ3v) is 11.3. The molecule has 3 aromatic rings. The predicted octanol–water partition coefficient (Wildman–Crippen LogP) is 7.67. The molecule has 0 N–H and O–H groups in total. The van der Waals surface area contributed by atoms with Crippen LogP contribution >= 0.6 is 17.0 Å². The molecule has 2 aliphatic rings. The van der Waals surface area contributed by atoms with Gasteiger partial charge < -0.3 is 0 Å². The zero-order chi connectivity index (χ0) is 24.3. The fourth-order valence-corrected chi connectivity index (χ4v) is 9.61. The van der Waals surface area contributed by atoms with E-state index in [1.807, 2.05) is 54.9 Å². The van der Waals surface area contributed by atoms with Crippen molar-refractivity contribution in [1.82, 2.24) is 9.97 Å². The Balaban J connectivity index is 1.86. The fourth-order valence-electron chi connectivity index (χ4n) is 4.82. The second-order valence-electron chi connectivity index (χ2n) is 8.70. The average Bonchev–Trinajstić information content (AvgIpc) is 3.34. The van der Waals surface area contributed by atoms with Crippen molar-refractivity contribution in [3.8, 4) is 0 Å². The molecule has 0 aliphatic heterocycles. The number of hydrogen-bond acceptors (Lipinski definition) is 2. The first kappa shape index (κ1) is 24.3. The van der Waals surface area contributed by atoms with Gasteiger partial charge >= 0.3 is 223 Å². The van der Waals surface area contributed by atoms with E-state index in [0.29, 0.717) is 0 Å². The summed E-state index contributed by atoms with van der Waals surface area (Å²) in [4.78, 5) is 9.56. The van der Waals surface area contributed by atoms with Crippen LogP contribution in [0.15, 0.2) is 133 Å². The van der Waals surface area contributed by atoms with Gasteiger partial charge in [-0.1, -0.05) is 0 Å². The molecule has 35 heavy (non-hydrogen) atoms. The molecule has 0 radical (unpaired) electrons. The summed E-state index contributed by atoms with van der Waals surface area (Å²) in [5.74, 6) is -0.0833. The molecule has 0 fully saturated rings. The molecule has 0 bridgehead atoms. The number of pyridine rings is 2. The van der Waals surface area contributed by atoms with E-state index in [1.165, 1.54) is 5.57 Å². The minimum atomic E-state index is -2.92. The summed E-state index contributed by atoms with van der Waals surface area (Å²) >= 11 is -2.92. The van der Waals surface area contributed by atoms with Gasteiger partial charge in [0.1, 0.15) is 0 Å². The van der Waals surface area contributed by atoms with E-state index in [2.05, 4.69) is 73.7 Å². The normalized spacial score (nSPS) is 17.9. The quantitative estimate of drug-likeness (QED) is 0.313. The molecule has 5 heteroatoms. The van der Waals surface area contributed by atoms with Crippen molar-refractivity contribution in [3.63, 3.8) is 0 Å². The summed E-state index contributed by atoms with van der Waals surface area (Å²) in [5.41, 5.74) is 5.95. The Bertz CT molecular complexity index is 1340. The van der Waals surface area contributed by atoms with Crippen LogP contribution in [0.25, 0.3) is 5.57 Å². The maximum atomic E-state index is 6.91. The fraction of sp³-hybridized carbons (Fsp3) is 0.100. The molecule has 2 heterocycles. The maximum absolute atomic E-state index is 6.91. The van der Waals surface area contributed by atoms with Gasteiger partial charge in [0, 0.05) is 0 Å². The third-order valence-electron chi connectivity index (χ3n) is 6.45. The molecule has 1 atom stereocenters. The van der Waals surface area contributed by atoms with E-state index in [0.717, 1.165) is 31.3 Å². The van der Waals surface area contributed by atoms with Crippen LogP contribution in [0, 0.1) is 11.3 Å². The van der Waals surface area contributed by atoms with Crippen LogP contribution in [0.4, 0.5) is 0 Å². The Labute approximate surface area is 221 Å². The number of hydrogen-bond donors (Lipinski definition) is 0. The Morgan fingerprint density at radius 2 is 1.40 bits per heavy atom. The van der Waals surface area contributed by atoms with Crippen molar-refractivity contribution in [1.29, 1.82) is 0 Å². The van der Waals surface area contributed by atoms with Crippen molar-refractivity contribution in [2.75, 3.05) is 0 Å². The molecule has 2 aliphatic carbocycles. The summed E-state index contributed by atoms with van der Waals surface area (Å²) in [6, 6.07) is 22.4. The van der Waals surface area contributed by atoms with Crippen LogP contribution in [0.1, 0.15) is 23.9 Å². The van der Waals surface area contributed by atoms with E-state index in [9.17, 15) is 0 Å². The third kappa shape index (κ3) is 4.96. The zero-order valence-corrected chi connectivity index (χ0v) is 23.2. The standard InChI is InChI=1S/C30H24N2.2ClH.Zr/c1-30(18-7-8-19-30)25-15-11-14-24(22-23-12-3-2-4-13-23)28(25)29(26-16-5-9-20-31-26)27-17-6-10-21-32-27;;;/h2-21,24H,1H3;2*1H;/q;;;+2/p-2. The van der Waals surface area contributed by atoms with Crippen LogP contribution in [0.5, 0.6) is 0 Å². The molecule has 1 aromatic carbocycles.